The number of likely N-dealkylation sites (tertiary alicyclic amines) is 1. The molecule has 1 aliphatic heterocycles. The van der Waals surface area contributed by atoms with E-state index in [1.807, 2.05) is 24.3 Å². The molecule has 1 saturated heterocycles. The fraction of sp³-hybridized carbons (Fsp3) is 0.289. The van der Waals surface area contributed by atoms with E-state index in [1.54, 1.807) is 41.3 Å². The van der Waals surface area contributed by atoms with Crippen molar-refractivity contribution in [2.75, 3.05) is 30.3 Å². The number of rotatable bonds is 9. The first-order valence-electron chi connectivity index (χ1n) is 16.8. The Kier molecular flexibility index (Phi) is 8.07. The lowest BCUT2D eigenvalue weighted by molar-refractivity contribution is -0.116. The Hall–Kier alpha value is -5.16. The minimum Gasteiger partial charge on any atom is -0.448 e. The molecule has 250 valence electrons. The second-order valence-corrected chi connectivity index (χ2v) is 15.0. The molecule has 49 heavy (non-hydrogen) atoms. The monoisotopic (exact) mass is 675 g/mol. The summed E-state index contributed by atoms with van der Waals surface area (Å²) in [7, 11) is -3.92. The predicted octanol–water partition coefficient (Wildman–Crippen LogP) is 6.84. The summed E-state index contributed by atoms with van der Waals surface area (Å²) in [5.74, 6) is 0.263. The number of carbonyl (C=O) groups excluding carboxylic acids is 2. The third-order valence-corrected chi connectivity index (χ3v) is 11.5. The van der Waals surface area contributed by atoms with Crippen LogP contribution in [0.2, 0.25) is 0 Å². The normalized spacial score (nSPS) is 17.4. The van der Waals surface area contributed by atoms with Crippen molar-refractivity contribution in [2.24, 2.45) is 5.92 Å². The molecule has 5 aromatic rings. The predicted molar refractivity (Wildman–Crippen MR) is 188 cm³/mol. The van der Waals surface area contributed by atoms with E-state index in [-0.39, 0.29) is 41.1 Å². The van der Waals surface area contributed by atoms with Crippen LogP contribution >= 0.6 is 0 Å². The van der Waals surface area contributed by atoms with E-state index in [4.69, 9.17) is 4.74 Å². The minimum atomic E-state index is -3.92. The number of amides is 2. The van der Waals surface area contributed by atoms with E-state index in [0.29, 0.717) is 42.2 Å². The quantitative estimate of drug-likeness (QED) is 0.176. The molecule has 0 spiro atoms. The first-order chi connectivity index (χ1) is 23.9. The minimum absolute atomic E-state index is 0.0295. The number of ether oxygens (including phenoxy) is 1. The Bertz CT molecular complexity index is 2120. The average molecular weight is 676 g/mol. The van der Waals surface area contributed by atoms with Crippen molar-refractivity contribution in [3.63, 3.8) is 0 Å². The fourth-order valence-corrected chi connectivity index (χ4v) is 8.47. The molecular formula is C38H37N5O5S. The molecule has 3 aliphatic rings. The van der Waals surface area contributed by atoms with Gasteiger partial charge in [-0.05, 0) is 72.1 Å². The van der Waals surface area contributed by atoms with Crippen LogP contribution in [0.5, 0.6) is 0 Å². The van der Waals surface area contributed by atoms with Crippen LogP contribution in [0.3, 0.4) is 0 Å². The van der Waals surface area contributed by atoms with E-state index >= 15 is 0 Å². The Labute approximate surface area is 285 Å². The SMILES string of the molecule is O=C(CC1CC1)Nc1cnc2c(ccn2S(=O)(=O)c2ccccc2)c1NC1CCCN(C(=O)OCC2c3ccccc3-c3ccccc32)C1. The number of hydrogen-bond acceptors (Lipinski definition) is 7. The van der Waals surface area contributed by atoms with Crippen LogP contribution in [-0.2, 0) is 19.6 Å². The summed E-state index contributed by atoms with van der Waals surface area (Å²) >= 11 is 0. The highest BCUT2D eigenvalue weighted by Crippen LogP contribution is 2.44. The lowest BCUT2D eigenvalue weighted by atomic mass is 9.98. The van der Waals surface area contributed by atoms with E-state index in [2.05, 4.69) is 39.9 Å². The largest absolute Gasteiger partial charge is 0.448 e. The molecule has 0 bridgehead atoms. The first kappa shape index (κ1) is 31.1. The molecule has 10 nitrogen and oxygen atoms in total. The van der Waals surface area contributed by atoms with Crippen molar-refractivity contribution in [3.8, 4) is 11.1 Å². The third kappa shape index (κ3) is 6.03. The molecular weight excluding hydrogens is 639 g/mol. The van der Waals surface area contributed by atoms with Crippen LogP contribution in [-0.4, -0.2) is 60.0 Å². The number of carbonyl (C=O) groups is 2. The van der Waals surface area contributed by atoms with Crippen molar-refractivity contribution >= 4 is 44.4 Å². The Morgan fingerprint density at radius 1 is 0.878 bits per heavy atom. The van der Waals surface area contributed by atoms with Gasteiger partial charge in [0.15, 0.2) is 5.65 Å². The van der Waals surface area contributed by atoms with E-state index in [1.165, 1.54) is 27.5 Å². The first-order valence-corrected chi connectivity index (χ1v) is 18.3. The highest BCUT2D eigenvalue weighted by atomic mass is 32.2. The molecule has 11 heteroatoms. The van der Waals surface area contributed by atoms with Crippen molar-refractivity contribution in [3.05, 3.63) is 108 Å². The molecule has 2 amide bonds. The molecule has 3 aromatic carbocycles. The highest BCUT2D eigenvalue weighted by molar-refractivity contribution is 7.90. The summed E-state index contributed by atoms with van der Waals surface area (Å²) in [4.78, 5) is 32.8. The molecule has 2 N–H and O–H groups in total. The summed E-state index contributed by atoms with van der Waals surface area (Å²) in [6.07, 6.45) is 6.68. The highest BCUT2D eigenvalue weighted by Gasteiger charge is 2.32. The van der Waals surface area contributed by atoms with Crippen molar-refractivity contribution in [1.29, 1.82) is 0 Å². The van der Waals surface area contributed by atoms with Gasteiger partial charge in [-0.15, -0.1) is 0 Å². The second kappa shape index (κ2) is 12.7. The summed E-state index contributed by atoms with van der Waals surface area (Å²) in [5.41, 5.74) is 5.98. The van der Waals surface area contributed by atoms with Crippen LogP contribution in [0.25, 0.3) is 22.2 Å². The Balaban J connectivity index is 1.03. The van der Waals surface area contributed by atoms with Gasteiger partial charge in [0.25, 0.3) is 10.0 Å². The summed E-state index contributed by atoms with van der Waals surface area (Å²) in [6.45, 7) is 1.20. The molecule has 1 unspecified atom stereocenters. The van der Waals surface area contributed by atoms with E-state index in [0.717, 1.165) is 36.8 Å². The maximum atomic E-state index is 13.6. The van der Waals surface area contributed by atoms with Crippen molar-refractivity contribution in [2.45, 2.75) is 49.0 Å². The average Bonchev–Trinajstić information content (AvgIpc) is 3.72. The topological polar surface area (TPSA) is 123 Å². The van der Waals surface area contributed by atoms with Gasteiger partial charge in [0.1, 0.15) is 6.61 Å². The van der Waals surface area contributed by atoms with Gasteiger partial charge in [-0.3, -0.25) is 4.79 Å². The van der Waals surface area contributed by atoms with E-state index < -0.39 is 10.0 Å². The number of benzene rings is 3. The Morgan fingerprint density at radius 3 is 2.29 bits per heavy atom. The maximum Gasteiger partial charge on any atom is 0.409 e. The lowest BCUT2D eigenvalue weighted by Gasteiger charge is -2.33. The molecule has 1 atom stereocenters. The number of piperidine rings is 1. The van der Waals surface area contributed by atoms with Crippen LogP contribution in [0.15, 0.2) is 102 Å². The molecule has 2 aromatic heterocycles. The molecule has 3 heterocycles. The van der Waals surface area contributed by atoms with Crippen LogP contribution < -0.4 is 10.6 Å². The van der Waals surface area contributed by atoms with Gasteiger partial charge in [-0.2, -0.15) is 0 Å². The second-order valence-electron chi connectivity index (χ2n) is 13.1. The van der Waals surface area contributed by atoms with Gasteiger partial charge < -0.3 is 20.3 Å². The zero-order chi connectivity index (χ0) is 33.5. The molecule has 2 aliphatic carbocycles. The standard InChI is InChI=1S/C38H37N5O5S/c44-35(21-25-16-17-25)41-34-22-39-37-32(18-20-43(37)49(46,47)27-10-2-1-3-11-27)36(34)40-26-9-8-19-42(23-26)38(45)48-24-33-30-14-6-4-12-28(30)29-13-5-7-15-31(29)33/h1-7,10-15,18,20,22,25-26,33H,8-9,16-17,19,21,23-24H2,(H,39,40)(H,41,44). The fourth-order valence-electron chi connectivity index (χ4n) is 7.15. The summed E-state index contributed by atoms with van der Waals surface area (Å²) in [5, 5.41) is 7.14. The van der Waals surface area contributed by atoms with Gasteiger partial charge in [0.2, 0.25) is 5.91 Å². The number of nitrogens with one attached hydrogen (secondary N) is 2. The van der Waals surface area contributed by atoms with Gasteiger partial charge >= 0.3 is 6.09 Å². The van der Waals surface area contributed by atoms with Gasteiger partial charge in [-0.25, -0.2) is 22.2 Å². The number of pyridine rings is 1. The number of aromatic nitrogens is 2. The van der Waals surface area contributed by atoms with Crippen LogP contribution in [0.4, 0.5) is 16.2 Å². The zero-order valence-corrected chi connectivity index (χ0v) is 27.7. The van der Waals surface area contributed by atoms with Gasteiger partial charge in [0, 0.05) is 43.1 Å². The third-order valence-electron chi connectivity index (χ3n) is 9.79. The lowest BCUT2D eigenvalue weighted by Crippen LogP contribution is -2.45. The molecule has 1 saturated carbocycles. The molecule has 0 radical (unpaired) electrons. The summed E-state index contributed by atoms with van der Waals surface area (Å²) < 4.78 is 34.3. The van der Waals surface area contributed by atoms with Crippen LogP contribution in [0, 0.1) is 5.92 Å². The van der Waals surface area contributed by atoms with Crippen molar-refractivity contribution < 1.29 is 22.7 Å². The molecule has 8 rings (SSSR count). The molecule has 2 fully saturated rings. The maximum absolute atomic E-state index is 13.6. The van der Waals surface area contributed by atoms with Gasteiger partial charge in [-0.1, -0.05) is 66.7 Å². The smallest absolute Gasteiger partial charge is 0.409 e. The number of anilines is 2. The van der Waals surface area contributed by atoms with Crippen LogP contribution in [0.1, 0.15) is 49.1 Å². The number of fused-ring (bicyclic) bond motifs is 4. The zero-order valence-electron chi connectivity index (χ0n) is 26.9. The Morgan fingerprint density at radius 2 is 1.57 bits per heavy atom. The number of nitrogens with zero attached hydrogens (tertiary/aromatic N) is 3. The van der Waals surface area contributed by atoms with E-state index in [9.17, 15) is 18.0 Å². The number of hydrogen-bond donors (Lipinski definition) is 2. The van der Waals surface area contributed by atoms with Crippen molar-refractivity contribution in [1.82, 2.24) is 13.9 Å². The van der Waals surface area contributed by atoms with Gasteiger partial charge in [0.05, 0.1) is 22.5 Å². The summed E-state index contributed by atoms with van der Waals surface area (Å²) in [6, 6.07) is 26.3.